The Labute approximate surface area is 167 Å². The molecule has 1 unspecified atom stereocenters. The monoisotopic (exact) mass is 406 g/mol. The Bertz CT molecular complexity index is 883. The summed E-state index contributed by atoms with van der Waals surface area (Å²) in [7, 11) is 0. The van der Waals surface area contributed by atoms with E-state index in [1.807, 2.05) is 26.8 Å². The Balaban J connectivity index is 1.85. The van der Waals surface area contributed by atoms with Crippen LogP contribution in [0.25, 0.3) is 0 Å². The number of benzene rings is 2. The van der Waals surface area contributed by atoms with Crippen molar-refractivity contribution in [3.63, 3.8) is 0 Å². The van der Waals surface area contributed by atoms with Gasteiger partial charge in [0.2, 0.25) is 0 Å². The van der Waals surface area contributed by atoms with E-state index in [1.54, 1.807) is 12.1 Å². The highest BCUT2D eigenvalue weighted by atomic mass is 32.2. The number of fused-ring (bicyclic) bond motifs is 1. The second kappa shape index (κ2) is 8.19. The minimum atomic E-state index is -1.22. The minimum Gasteiger partial charge on any atom is -0.598 e. The van der Waals surface area contributed by atoms with Crippen molar-refractivity contribution in [1.29, 1.82) is 0 Å². The van der Waals surface area contributed by atoms with E-state index in [1.165, 1.54) is 6.07 Å². The van der Waals surface area contributed by atoms with Crippen molar-refractivity contribution in [3.8, 4) is 0 Å². The molecule has 1 aliphatic carbocycles. The van der Waals surface area contributed by atoms with Gasteiger partial charge in [-0.3, -0.25) is 4.79 Å². The molecule has 0 aromatic heterocycles. The highest BCUT2D eigenvalue weighted by Gasteiger charge is 2.32. The number of carbonyl (C=O) groups excluding carboxylic acids is 1. The summed E-state index contributed by atoms with van der Waals surface area (Å²) in [5, 5.41) is 2.63. The smallest absolute Gasteiger partial charge is 0.255 e. The highest BCUT2D eigenvalue weighted by Crippen LogP contribution is 2.34. The van der Waals surface area contributed by atoms with Gasteiger partial charge in [-0.2, -0.15) is 0 Å². The second-order valence-electron chi connectivity index (χ2n) is 7.90. The standard InChI is InChI=1S/C21H24F2N2O2S/c1-21(2,3)28(27)25-19-9-5-6-14-15(19)7-4-8-16(14)20(26)24-13-10-11-17(22)18(23)12-13/h4,7-8,10-12,19,25H,5-6,9H2,1-3H3,(H,24,26)/t19-,28?/m0/s1. The first-order valence-electron chi connectivity index (χ1n) is 9.23. The molecule has 2 N–H and O–H groups in total. The van der Waals surface area contributed by atoms with Crippen LogP contribution < -0.4 is 10.0 Å². The molecule has 2 aromatic carbocycles. The lowest BCUT2D eigenvalue weighted by Gasteiger charge is -2.31. The number of hydrogen-bond donors (Lipinski definition) is 2. The highest BCUT2D eigenvalue weighted by molar-refractivity contribution is 7.90. The Morgan fingerprint density at radius 3 is 2.61 bits per heavy atom. The predicted molar refractivity (Wildman–Crippen MR) is 107 cm³/mol. The summed E-state index contributed by atoms with van der Waals surface area (Å²) in [6.07, 6.45) is 2.43. The van der Waals surface area contributed by atoms with Gasteiger partial charge < -0.3 is 9.87 Å². The lowest BCUT2D eigenvalue weighted by molar-refractivity contribution is 0.102. The summed E-state index contributed by atoms with van der Waals surface area (Å²) in [4.78, 5) is 12.8. The molecule has 0 saturated carbocycles. The van der Waals surface area contributed by atoms with Crippen molar-refractivity contribution in [2.75, 3.05) is 5.32 Å². The summed E-state index contributed by atoms with van der Waals surface area (Å²) >= 11 is -1.22. The van der Waals surface area contributed by atoms with Gasteiger partial charge in [-0.1, -0.05) is 12.1 Å². The molecular formula is C21H24F2N2O2S. The zero-order chi connectivity index (χ0) is 20.5. The average Bonchev–Trinajstić information content (AvgIpc) is 2.63. The summed E-state index contributed by atoms with van der Waals surface area (Å²) in [6.45, 7) is 5.72. The molecule has 7 heteroatoms. The summed E-state index contributed by atoms with van der Waals surface area (Å²) < 4.78 is 41.8. The van der Waals surface area contributed by atoms with Crippen molar-refractivity contribution in [2.24, 2.45) is 0 Å². The molecule has 1 amide bonds. The van der Waals surface area contributed by atoms with Crippen LogP contribution in [0.4, 0.5) is 14.5 Å². The van der Waals surface area contributed by atoms with Crippen LogP contribution in [-0.2, 0) is 17.8 Å². The van der Waals surface area contributed by atoms with Gasteiger partial charge in [-0.25, -0.2) is 8.78 Å². The fourth-order valence-electron chi connectivity index (χ4n) is 3.26. The van der Waals surface area contributed by atoms with Gasteiger partial charge in [-0.05, 0) is 69.4 Å². The van der Waals surface area contributed by atoms with E-state index in [2.05, 4.69) is 10.0 Å². The van der Waals surface area contributed by atoms with Gasteiger partial charge in [0.05, 0.1) is 6.04 Å². The fraction of sp³-hybridized carbons (Fsp3) is 0.381. The molecule has 2 atom stereocenters. The van der Waals surface area contributed by atoms with E-state index in [4.69, 9.17) is 0 Å². The average molecular weight is 406 g/mol. The number of nitrogens with one attached hydrogen (secondary N) is 2. The molecule has 28 heavy (non-hydrogen) atoms. The van der Waals surface area contributed by atoms with Crippen molar-refractivity contribution < 1.29 is 18.1 Å². The number of rotatable bonds is 4. The Kier molecular flexibility index (Phi) is 6.07. The SMILES string of the molecule is CC(C)(C)[S+]([O-])N[C@H]1CCCc2c(C(=O)Nc3ccc(F)c(F)c3)cccc21. The van der Waals surface area contributed by atoms with Crippen LogP contribution in [0.15, 0.2) is 36.4 Å². The first-order valence-corrected chi connectivity index (χ1v) is 10.4. The first-order chi connectivity index (χ1) is 13.2. The molecule has 150 valence electrons. The van der Waals surface area contributed by atoms with Crippen LogP contribution in [0.5, 0.6) is 0 Å². The number of anilines is 1. The lowest BCUT2D eigenvalue weighted by Crippen LogP contribution is -2.42. The topological polar surface area (TPSA) is 64.2 Å². The van der Waals surface area contributed by atoms with Gasteiger partial charge in [0.1, 0.15) is 4.75 Å². The Morgan fingerprint density at radius 2 is 1.93 bits per heavy atom. The third-order valence-electron chi connectivity index (χ3n) is 4.73. The van der Waals surface area contributed by atoms with Gasteiger partial charge >= 0.3 is 0 Å². The van der Waals surface area contributed by atoms with E-state index in [0.717, 1.165) is 42.5 Å². The van der Waals surface area contributed by atoms with Gasteiger partial charge in [0.15, 0.2) is 11.6 Å². The molecule has 0 saturated heterocycles. The molecule has 1 aliphatic rings. The minimum absolute atomic E-state index is 0.0974. The third kappa shape index (κ3) is 4.54. The first kappa shape index (κ1) is 20.8. The molecule has 0 heterocycles. The van der Waals surface area contributed by atoms with Crippen molar-refractivity contribution in [2.45, 2.75) is 50.8 Å². The van der Waals surface area contributed by atoms with E-state index in [-0.39, 0.29) is 22.4 Å². The molecule has 0 aliphatic heterocycles. The third-order valence-corrected chi connectivity index (χ3v) is 6.35. The van der Waals surface area contributed by atoms with Gasteiger partial charge in [0, 0.05) is 28.7 Å². The van der Waals surface area contributed by atoms with E-state index < -0.39 is 23.0 Å². The zero-order valence-electron chi connectivity index (χ0n) is 16.1. The van der Waals surface area contributed by atoms with E-state index in [0.29, 0.717) is 5.56 Å². The number of halogens is 2. The number of hydrogen-bond acceptors (Lipinski definition) is 3. The number of carbonyl (C=O) groups is 1. The predicted octanol–water partition coefficient (Wildman–Crippen LogP) is 4.65. The molecule has 0 spiro atoms. The summed E-state index contributed by atoms with van der Waals surface area (Å²) in [5.74, 6) is -2.35. The van der Waals surface area contributed by atoms with Crippen LogP contribution in [0.2, 0.25) is 0 Å². The Morgan fingerprint density at radius 1 is 1.18 bits per heavy atom. The van der Waals surface area contributed by atoms with Crippen LogP contribution in [-0.4, -0.2) is 15.2 Å². The molecule has 0 bridgehead atoms. The van der Waals surface area contributed by atoms with E-state index in [9.17, 15) is 18.1 Å². The van der Waals surface area contributed by atoms with Gasteiger partial charge in [0.25, 0.3) is 5.91 Å². The Hall–Kier alpha value is -1.96. The van der Waals surface area contributed by atoms with Crippen molar-refractivity contribution in [1.82, 2.24) is 4.72 Å². The van der Waals surface area contributed by atoms with Crippen LogP contribution in [0.1, 0.15) is 61.1 Å². The van der Waals surface area contributed by atoms with Crippen LogP contribution >= 0.6 is 0 Å². The normalized spacial score (nSPS) is 17.7. The maximum absolute atomic E-state index is 13.4. The van der Waals surface area contributed by atoms with E-state index >= 15 is 0 Å². The molecule has 2 aromatic rings. The molecule has 0 fully saturated rings. The molecule has 3 rings (SSSR count). The molecule has 0 radical (unpaired) electrons. The largest absolute Gasteiger partial charge is 0.598 e. The van der Waals surface area contributed by atoms with Crippen molar-refractivity contribution in [3.05, 3.63) is 64.7 Å². The van der Waals surface area contributed by atoms with Crippen LogP contribution in [0.3, 0.4) is 0 Å². The van der Waals surface area contributed by atoms with Gasteiger partial charge in [-0.15, -0.1) is 4.72 Å². The summed E-state index contributed by atoms with van der Waals surface area (Å²) in [6, 6.07) is 8.62. The molecule has 4 nitrogen and oxygen atoms in total. The summed E-state index contributed by atoms with van der Waals surface area (Å²) in [5.41, 5.74) is 2.55. The number of amides is 1. The molecular weight excluding hydrogens is 382 g/mol. The zero-order valence-corrected chi connectivity index (χ0v) is 17.0. The quantitative estimate of drug-likeness (QED) is 0.727. The lowest BCUT2D eigenvalue weighted by atomic mass is 9.85. The van der Waals surface area contributed by atoms with Crippen LogP contribution in [0, 0.1) is 11.6 Å². The maximum atomic E-state index is 13.4. The fourth-order valence-corrected chi connectivity index (χ4v) is 4.12. The second-order valence-corrected chi connectivity index (χ2v) is 9.90. The maximum Gasteiger partial charge on any atom is 0.255 e. The van der Waals surface area contributed by atoms with Crippen molar-refractivity contribution >= 4 is 23.0 Å².